The number of benzene rings is 2. The molecule has 0 aromatic heterocycles. The van der Waals surface area contributed by atoms with Crippen molar-refractivity contribution >= 4 is 87.6 Å². The largest absolute Gasteiger partial charge is 0.508 e. The average molecular weight is 383 g/mol. The van der Waals surface area contributed by atoms with Crippen molar-refractivity contribution in [3.63, 3.8) is 0 Å². The van der Waals surface area contributed by atoms with Crippen molar-refractivity contribution in [3.05, 3.63) is 55.4 Å². The summed E-state index contributed by atoms with van der Waals surface area (Å²) in [5, 5.41) is 17.6. The monoisotopic (exact) mass is 381 g/mol. The Morgan fingerprint density at radius 1 is 0.600 bits per heavy atom. The molecule has 0 aliphatic heterocycles. The Bertz CT molecular complexity index is 473. The zero-order valence-electron chi connectivity index (χ0n) is 10.2. The second-order valence-corrected chi connectivity index (χ2v) is 5.14. The maximum absolute atomic E-state index is 9.20. The van der Waals surface area contributed by atoms with Crippen LogP contribution in [0.1, 0.15) is 0 Å². The van der Waals surface area contributed by atoms with Crippen LogP contribution in [0.4, 0.5) is 0 Å². The predicted molar refractivity (Wildman–Crippen MR) is 87.0 cm³/mol. The summed E-state index contributed by atoms with van der Waals surface area (Å²) in [4.78, 5) is 0. The first kappa shape index (κ1) is 20.5. The van der Waals surface area contributed by atoms with Gasteiger partial charge in [-0.1, -0.05) is 76.2 Å². The van der Waals surface area contributed by atoms with E-state index < -0.39 is 0 Å². The van der Waals surface area contributed by atoms with E-state index in [4.69, 9.17) is 63.1 Å². The molecule has 2 nitrogen and oxygen atoms in total. The third-order valence-corrected chi connectivity index (χ3v) is 4.20. The molecule has 0 spiro atoms. The Morgan fingerprint density at radius 3 is 1.25 bits per heavy atom. The van der Waals surface area contributed by atoms with E-state index >= 15 is 0 Å². The van der Waals surface area contributed by atoms with Crippen LogP contribution in [0.25, 0.3) is 0 Å². The van der Waals surface area contributed by atoms with Gasteiger partial charge in [-0.15, -0.1) is 0 Å². The van der Waals surface area contributed by atoms with Gasteiger partial charge in [-0.3, -0.25) is 0 Å². The molecule has 0 saturated carbocycles. The molecule has 0 saturated heterocycles. The molecule has 2 aromatic carbocycles. The van der Waals surface area contributed by atoms with E-state index in [9.17, 15) is 5.11 Å². The van der Waals surface area contributed by atoms with Crippen molar-refractivity contribution in [3.8, 4) is 11.5 Å². The van der Waals surface area contributed by atoms with Gasteiger partial charge in [0, 0.05) is 29.6 Å². The summed E-state index contributed by atoms with van der Waals surface area (Å²) in [7, 11) is 0. The molecule has 0 unspecified atom stereocenters. The number of halogens is 5. The van der Waals surface area contributed by atoms with Crippen LogP contribution in [-0.2, 0) is 0 Å². The average Bonchev–Trinajstić information content (AvgIpc) is 2.42. The van der Waals surface area contributed by atoms with E-state index in [1.54, 1.807) is 24.3 Å². The summed E-state index contributed by atoms with van der Waals surface area (Å²) in [6, 6.07) is 8.71. The number of hydrogen-bond acceptors (Lipinski definition) is 2. The molecular formula is C12H7Cl5NaO2. The predicted octanol–water partition coefficient (Wildman–Crippen LogP) is 5.67. The fraction of sp³-hybridized carbons (Fsp3) is 0. The molecule has 2 aromatic rings. The van der Waals surface area contributed by atoms with Crippen molar-refractivity contribution in [2.45, 2.75) is 0 Å². The Kier molecular flexibility index (Phi) is 9.73. The molecule has 0 atom stereocenters. The van der Waals surface area contributed by atoms with Gasteiger partial charge in [-0.25, -0.2) is 0 Å². The van der Waals surface area contributed by atoms with E-state index in [0.717, 1.165) is 0 Å². The summed E-state index contributed by atoms with van der Waals surface area (Å²) in [5.74, 6) is -0.0415. The van der Waals surface area contributed by atoms with Crippen LogP contribution in [0.3, 0.4) is 0 Å². The standard InChI is InChI=1S/C6HCl5O.C6H6O.Na/c7-1-2(8)4(10)6(12)5(11)3(1)9;7-6-4-2-1-3-5-6;/h12H;1-5,7H;. The first-order chi connectivity index (χ1) is 8.86. The molecule has 20 heavy (non-hydrogen) atoms. The number of hydrogen-bond donors (Lipinski definition) is 2. The summed E-state index contributed by atoms with van der Waals surface area (Å²) >= 11 is 27.9. The SMILES string of the molecule is Oc1c(Cl)c(Cl)c(Cl)c(Cl)c1Cl.Oc1ccccc1.[Na]. The maximum Gasteiger partial charge on any atom is 0.155 e. The van der Waals surface area contributed by atoms with E-state index in [1.165, 1.54) is 0 Å². The van der Waals surface area contributed by atoms with Crippen molar-refractivity contribution in [1.82, 2.24) is 0 Å². The molecule has 0 heterocycles. The molecule has 0 aliphatic carbocycles. The number of rotatable bonds is 0. The van der Waals surface area contributed by atoms with Crippen LogP contribution < -0.4 is 0 Å². The van der Waals surface area contributed by atoms with Gasteiger partial charge >= 0.3 is 0 Å². The fourth-order valence-electron chi connectivity index (χ4n) is 1.02. The maximum atomic E-state index is 9.20. The van der Waals surface area contributed by atoms with Crippen LogP contribution in [-0.4, -0.2) is 39.8 Å². The van der Waals surface area contributed by atoms with Crippen LogP contribution in [0.5, 0.6) is 11.5 Å². The quantitative estimate of drug-likeness (QED) is 0.350. The first-order valence-corrected chi connectivity index (χ1v) is 6.69. The number of para-hydroxylation sites is 1. The van der Waals surface area contributed by atoms with Crippen LogP contribution in [0.15, 0.2) is 30.3 Å². The van der Waals surface area contributed by atoms with Gasteiger partial charge in [0.15, 0.2) is 5.75 Å². The minimum atomic E-state index is -0.363. The van der Waals surface area contributed by atoms with E-state index in [1.807, 2.05) is 6.07 Å². The molecule has 0 bridgehead atoms. The minimum Gasteiger partial charge on any atom is -0.508 e. The minimum absolute atomic E-state index is 0. The topological polar surface area (TPSA) is 40.5 Å². The number of aromatic hydroxyl groups is 2. The second kappa shape index (κ2) is 9.50. The first-order valence-electron chi connectivity index (χ1n) is 4.80. The third kappa shape index (κ3) is 5.36. The Hall–Kier alpha value is 0.490. The zero-order valence-corrected chi connectivity index (χ0v) is 16.0. The smallest absolute Gasteiger partial charge is 0.155 e. The summed E-state index contributed by atoms with van der Waals surface area (Å²) in [5.41, 5.74) is 0. The Balaban J connectivity index is 0.000000387. The van der Waals surface area contributed by atoms with Gasteiger partial charge in [0.05, 0.1) is 15.1 Å². The number of phenols is 2. The van der Waals surface area contributed by atoms with Gasteiger partial charge in [0.25, 0.3) is 0 Å². The molecule has 0 aliphatic rings. The molecule has 0 fully saturated rings. The summed E-state index contributed by atoms with van der Waals surface area (Å²) in [6.07, 6.45) is 0. The van der Waals surface area contributed by atoms with E-state index in [0.29, 0.717) is 5.75 Å². The summed E-state index contributed by atoms with van der Waals surface area (Å²) in [6.45, 7) is 0. The van der Waals surface area contributed by atoms with Crippen LogP contribution >= 0.6 is 58.0 Å². The van der Waals surface area contributed by atoms with Crippen LogP contribution in [0, 0.1) is 0 Å². The normalized spacial score (nSPS) is 9.25. The Morgan fingerprint density at radius 2 is 0.950 bits per heavy atom. The van der Waals surface area contributed by atoms with Crippen molar-refractivity contribution in [2.24, 2.45) is 0 Å². The van der Waals surface area contributed by atoms with E-state index in [-0.39, 0.29) is 60.4 Å². The molecule has 2 N–H and O–H groups in total. The van der Waals surface area contributed by atoms with Crippen LogP contribution in [0.2, 0.25) is 25.1 Å². The van der Waals surface area contributed by atoms with Crippen molar-refractivity contribution in [2.75, 3.05) is 0 Å². The fourth-order valence-corrected chi connectivity index (χ4v) is 2.15. The molecule has 8 heteroatoms. The van der Waals surface area contributed by atoms with Crippen molar-refractivity contribution < 1.29 is 10.2 Å². The van der Waals surface area contributed by atoms with Crippen molar-refractivity contribution in [1.29, 1.82) is 0 Å². The molecule has 0 amide bonds. The molecule has 2 rings (SSSR count). The summed E-state index contributed by atoms with van der Waals surface area (Å²) < 4.78 is 0. The van der Waals surface area contributed by atoms with Gasteiger partial charge in [-0.05, 0) is 12.1 Å². The third-order valence-electron chi connectivity index (χ3n) is 1.94. The van der Waals surface area contributed by atoms with Gasteiger partial charge < -0.3 is 10.2 Å². The van der Waals surface area contributed by atoms with Gasteiger partial charge in [-0.2, -0.15) is 0 Å². The molecule has 1 radical (unpaired) electrons. The number of phenolic OH excluding ortho intramolecular Hbond substituents is 2. The van der Waals surface area contributed by atoms with Gasteiger partial charge in [0.2, 0.25) is 0 Å². The van der Waals surface area contributed by atoms with E-state index in [2.05, 4.69) is 0 Å². The zero-order chi connectivity index (χ0) is 14.6. The molecule has 103 valence electrons. The Labute approximate surface area is 163 Å². The van der Waals surface area contributed by atoms with Gasteiger partial charge in [0.1, 0.15) is 15.8 Å². The second-order valence-electron chi connectivity index (χ2n) is 3.25. The molecular weight excluding hydrogens is 376 g/mol.